The molecule has 0 atom stereocenters. The van der Waals surface area contributed by atoms with Gasteiger partial charge in [0, 0.05) is 35.6 Å². The van der Waals surface area contributed by atoms with Crippen LogP contribution in [-0.4, -0.2) is 41.0 Å². The van der Waals surface area contributed by atoms with Gasteiger partial charge in [0.25, 0.3) is 0 Å². The molecule has 0 fully saturated rings. The Balaban J connectivity index is 1.45. The number of nitrogens with one attached hydrogen (secondary N) is 1. The van der Waals surface area contributed by atoms with Crippen molar-refractivity contribution in [3.05, 3.63) is 47.7 Å². The maximum atomic E-state index is 5.58. The Hall–Kier alpha value is -2.32. The molecule has 1 N–H and O–H groups in total. The lowest BCUT2D eigenvalue weighted by Gasteiger charge is -2.09. The Bertz CT molecular complexity index is 858. The van der Waals surface area contributed by atoms with Crippen LogP contribution in [0, 0.1) is 0 Å². The molecule has 0 amide bonds. The summed E-state index contributed by atoms with van der Waals surface area (Å²) in [4.78, 5) is 13.1. The van der Waals surface area contributed by atoms with Crippen LogP contribution in [-0.2, 0) is 5.75 Å². The second kappa shape index (κ2) is 10.9. The molecule has 0 unspecified atom stereocenters. The molecule has 2 aromatic heterocycles. The van der Waals surface area contributed by atoms with Gasteiger partial charge in [-0.05, 0) is 43.4 Å². The number of nitrogens with zero attached hydrogens (tertiary/aromatic N) is 3. The smallest absolute Gasteiger partial charge is 0.222 e. The molecule has 0 radical (unpaired) electrons. The maximum absolute atomic E-state index is 5.58. The molecule has 0 aliphatic rings. The van der Waals surface area contributed by atoms with Crippen molar-refractivity contribution in [2.45, 2.75) is 19.1 Å². The Morgan fingerprint density at radius 2 is 2.04 bits per heavy atom. The minimum Gasteiger partial charge on any atom is -0.493 e. The van der Waals surface area contributed by atoms with Crippen LogP contribution in [0.3, 0.4) is 0 Å². The lowest BCUT2D eigenvalue weighted by molar-refractivity contribution is 0.311. The predicted molar refractivity (Wildman–Crippen MR) is 117 cm³/mol. The van der Waals surface area contributed by atoms with E-state index in [0.717, 1.165) is 52.2 Å². The van der Waals surface area contributed by atoms with E-state index in [0.29, 0.717) is 12.6 Å². The molecule has 1 aromatic carbocycles. The van der Waals surface area contributed by atoms with E-state index in [1.54, 1.807) is 30.8 Å². The highest BCUT2D eigenvalue weighted by molar-refractivity contribution is 7.98. The van der Waals surface area contributed by atoms with E-state index in [4.69, 9.17) is 14.5 Å². The first kappa shape index (κ1) is 20.4. The summed E-state index contributed by atoms with van der Waals surface area (Å²) in [5.74, 6) is 4.15. The van der Waals surface area contributed by atoms with Crippen LogP contribution in [0.5, 0.6) is 11.5 Å². The van der Waals surface area contributed by atoms with Gasteiger partial charge in [0.1, 0.15) is 5.01 Å². The van der Waals surface area contributed by atoms with Gasteiger partial charge in [-0.2, -0.15) is 11.8 Å². The van der Waals surface area contributed by atoms with Crippen LogP contribution in [0.4, 0.5) is 5.95 Å². The highest BCUT2D eigenvalue weighted by Crippen LogP contribution is 2.34. The Kier molecular flexibility index (Phi) is 7.93. The molecule has 6 nitrogen and oxygen atoms in total. The van der Waals surface area contributed by atoms with Gasteiger partial charge in [-0.25, -0.2) is 15.0 Å². The monoisotopic (exact) mass is 416 g/mol. The highest BCUT2D eigenvalue weighted by atomic mass is 32.2. The first-order valence-electron chi connectivity index (χ1n) is 9.14. The van der Waals surface area contributed by atoms with E-state index in [-0.39, 0.29) is 0 Å². The summed E-state index contributed by atoms with van der Waals surface area (Å²) < 4.78 is 11.0. The molecule has 0 aliphatic carbocycles. The van der Waals surface area contributed by atoms with Gasteiger partial charge in [0.15, 0.2) is 11.5 Å². The molecule has 3 aromatic rings. The van der Waals surface area contributed by atoms with Crippen LogP contribution in [0.15, 0.2) is 42.0 Å². The second-order valence-electron chi connectivity index (χ2n) is 5.85. The number of rotatable bonds is 11. The third-order valence-electron chi connectivity index (χ3n) is 3.83. The minimum absolute atomic E-state index is 0.613. The third kappa shape index (κ3) is 5.84. The number of thiazole rings is 1. The van der Waals surface area contributed by atoms with Crippen molar-refractivity contribution in [1.29, 1.82) is 0 Å². The summed E-state index contributed by atoms with van der Waals surface area (Å²) in [6, 6.07) is 7.77. The molecule has 2 heterocycles. The number of methoxy groups -OCH3 is 1. The Morgan fingerprint density at radius 3 is 2.82 bits per heavy atom. The second-order valence-corrected chi connectivity index (χ2v) is 7.81. The van der Waals surface area contributed by atoms with E-state index >= 15 is 0 Å². The predicted octanol–water partition coefficient (Wildman–Crippen LogP) is 4.74. The molecule has 148 valence electrons. The van der Waals surface area contributed by atoms with Crippen LogP contribution in [0.1, 0.15) is 19.0 Å². The quantitative estimate of drug-likeness (QED) is 0.453. The fourth-order valence-corrected chi connectivity index (χ4v) is 4.29. The zero-order valence-corrected chi connectivity index (χ0v) is 17.7. The lowest BCUT2D eigenvalue weighted by Crippen LogP contribution is -2.05. The van der Waals surface area contributed by atoms with E-state index in [9.17, 15) is 0 Å². The summed E-state index contributed by atoms with van der Waals surface area (Å²) in [5.41, 5.74) is 2.16. The zero-order valence-electron chi connectivity index (χ0n) is 16.1. The van der Waals surface area contributed by atoms with Crippen molar-refractivity contribution in [3.63, 3.8) is 0 Å². The third-order valence-corrected chi connectivity index (χ3v) is 5.84. The van der Waals surface area contributed by atoms with E-state index in [1.165, 1.54) is 0 Å². The van der Waals surface area contributed by atoms with Gasteiger partial charge in [-0.3, -0.25) is 0 Å². The summed E-state index contributed by atoms with van der Waals surface area (Å²) in [6.07, 6.45) is 4.53. The molecule has 0 aliphatic heterocycles. The van der Waals surface area contributed by atoms with Crippen molar-refractivity contribution >= 4 is 29.0 Å². The number of aromatic nitrogens is 3. The summed E-state index contributed by atoms with van der Waals surface area (Å²) in [5, 5.41) is 6.35. The van der Waals surface area contributed by atoms with Crippen LogP contribution in [0.2, 0.25) is 0 Å². The molecule has 3 rings (SSSR count). The van der Waals surface area contributed by atoms with Gasteiger partial charge in [-0.15, -0.1) is 11.3 Å². The Morgan fingerprint density at radius 1 is 1.18 bits per heavy atom. The molecule has 0 bridgehead atoms. The minimum atomic E-state index is 0.613. The molecule has 28 heavy (non-hydrogen) atoms. The fourth-order valence-electron chi connectivity index (χ4n) is 2.52. The first-order chi connectivity index (χ1) is 13.8. The number of hydrogen-bond donors (Lipinski definition) is 1. The number of benzene rings is 1. The van der Waals surface area contributed by atoms with Crippen LogP contribution >= 0.6 is 23.1 Å². The van der Waals surface area contributed by atoms with Gasteiger partial charge in [0.2, 0.25) is 5.95 Å². The van der Waals surface area contributed by atoms with Crippen molar-refractivity contribution in [2.24, 2.45) is 0 Å². The zero-order chi connectivity index (χ0) is 19.6. The average molecular weight is 417 g/mol. The van der Waals surface area contributed by atoms with Crippen LogP contribution in [0.25, 0.3) is 10.6 Å². The number of ether oxygens (including phenoxy) is 2. The van der Waals surface area contributed by atoms with E-state index < -0.39 is 0 Å². The van der Waals surface area contributed by atoms with Crippen molar-refractivity contribution in [1.82, 2.24) is 15.0 Å². The lowest BCUT2D eigenvalue weighted by atomic mass is 10.2. The average Bonchev–Trinajstić information content (AvgIpc) is 3.21. The molecule has 0 saturated carbocycles. The molecule has 0 saturated heterocycles. The highest BCUT2D eigenvalue weighted by Gasteiger charge is 2.10. The largest absolute Gasteiger partial charge is 0.493 e. The molecular formula is C20H24N4O2S2. The van der Waals surface area contributed by atoms with Gasteiger partial charge in [-0.1, -0.05) is 0 Å². The molecule has 8 heteroatoms. The maximum Gasteiger partial charge on any atom is 0.222 e. The summed E-state index contributed by atoms with van der Waals surface area (Å²) in [7, 11) is 1.66. The number of hydrogen-bond acceptors (Lipinski definition) is 8. The first-order valence-corrected chi connectivity index (χ1v) is 11.2. The van der Waals surface area contributed by atoms with E-state index in [1.807, 2.05) is 43.0 Å². The molecular weight excluding hydrogens is 392 g/mol. The van der Waals surface area contributed by atoms with Gasteiger partial charge >= 0.3 is 0 Å². The number of thioether (sulfide) groups is 1. The number of anilines is 1. The topological polar surface area (TPSA) is 69.2 Å². The van der Waals surface area contributed by atoms with Gasteiger partial charge in [0.05, 0.1) is 19.4 Å². The SMILES string of the molecule is CCOc1ccc(-c2nc(CSCCCNc3ncccn3)cs2)cc1OC. The van der Waals surface area contributed by atoms with E-state index in [2.05, 4.69) is 20.7 Å². The van der Waals surface area contributed by atoms with Crippen LogP contribution < -0.4 is 14.8 Å². The van der Waals surface area contributed by atoms with Gasteiger partial charge < -0.3 is 14.8 Å². The normalized spacial score (nSPS) is 10.6. The summed E-state index contributed by atoms with van der Waals surface area (Å²) >= 11 is 3.54. The van der Waals surface area contributed by atoms with Crippen molar-refractivity contribution in [3.8, 4) is 22.1 Å². The van der Waals surface area contributed by atoms with Crippen molar-refractivity contribution < 1.29 is 9.47 Å². The standard InChI is InChI=1S/C20H24N4O2S2/c1-3-26-17-7-6-15(12-18(17)25-2)19-24-16(14-28-19)13-27-11-5-10-23-20-21-8-4-9-22-20/h4,6-9,12,14H,3,5,10-11,13H2,1-2H3,(H,21,22,23). The summed E-state index contributed by atoms with van der Waals surface area (Å²) in [6.45, 7) is 3.44. The fraction of sp³-hybridized carbons (Fsp3) is 0.350. The van der Waals surface area contributed by atoms with Crippen molar-refractivity contribution in [2.75, 3.05) is 31.3 Å². The molecule has 0 spiro atoms. The Labute approximate surface area is 173 Å².